The van der Waals surface area contributed by atoms with E-state index in [2.05, 4.69) is 5.32 Å². The van der Waals surface area contributed by atoms with Gasteiger partial charge in [0.2, 0.25) is 0 Å². The van der Waals surface area contributed by atoms with E-state index in [9.17, 15) is 9.59 Å². The molecule has 1 N–H and O–H groups in total. The standard InChI is InChI=1S/C23H23NO5/c1-3-27-20-10-12-21(13-11-20)28-15-22(25)29-16(2)23(26)24-19-9-8-17-6-4-5-7-18(17)14-19/h4-14,16H,3,15H2,1-2H3,(H,24,26)/t16-/m1/s1. The largest absolute Gasteiger partial charge is 0.494 e. The third-order valence-corrected chi connectivity index (χ3v) is 4.19. The maximum Gasteiger partial charge on any atom is 0.344 e. The number of carbonyl (C=O) groups excluding carboxylic acids is 2. The molecule has 3 aromatic rings. The normalized spacial score (nSPS) is 11.5. The fourth-order valence-electron chi connectivity index (χ4n) is 2.74. The first-order valence-corrected chi connectivity index (χ1v) is 9.40. The summed E-state index contributed by atoms with van der Waals surface area (Å²) in [5, 5.41) is 4.85. The van der Waals surface area contributed by atoms with Crippen molar-refractivity contribution in [3.63, 3.8) is 0 Å². The second-order valence-corrected chi connectivity index (χ2v) is 6.38. The molecule has 6 heteroatoms. The van der Waals surface area contributed by atoms with Crippen molar-refractivity contribution in [2.45, 2.75) is 20.0 Å². The summed E-state index contributed by atoms with van der Waals surface area (Å²) in [6.45, 7) is 3.70. The first-order chi connectivity index (χ1) is 14.0. The van der Waals surface area contributed by atoms with Crippen LogP contribution in [-0.4, -0.2) is 31.2 Å². The Kier molecular flexibility index (Phi) is 6.68. The maximum atomic E-state index is 12.3. The van der Waals surface area contributed by atoms with Gasteiger partial charge >= 0.3 is 5.97 Å². The highest BCUT2D eigenvalue weighted by Gasteiger charge is 2.18. The molecular formula is C23H23NO5. The van der Waals surface area contributed by atoms with Crippen LogP contribution in [0.25, 0.3) is 10.8 Å². The molecule has 0 aliphatic carbocycles. The summed E-state index contributed by atoms with van der Waals surface area (Å²) < 4.78 is 15.9. The minimum atomic E-state index is -0.946. The number of rotatable bonds is 8. The molecule has 29 heavy (non-hydrogen) atoms. The molecule has 0 aliphatic rings. The molecule has 0 bridgehead atoms. The van der Waals surface area contributed by atoms with Gasteiger partial charge in [0.05, 0.1) is 6.61 Å². The van der Waals surface area contributed by atoms with Crippen molar-refractivity contribution in [2.75, 3.05) is 18.5 Å². The van der Waals surface area contributed by atoms with E-state index in [1.165, 1.54) is 6.92 Å². The second-order valence-electron chi connectivity index (χ2n) is 6.38. The van der Waals surface area contributed by atoms with Gasteiger partial charge in [-0.15, -0.1) is 0 Å². The predicted octanol–water partition coefficient (Wildman–Crippen LogP) is 4.19. The minimum Gasteiger partial charge on any atom is -0.494 e. The highest BCUT2D eigenvalue weighted by molar-refractivity contribution is 5.97. The Morgan fingerprint density at radius 1 is 0.897 bits per heavy atom. The number of benzene rings is 3. The summed E-state index contributed by atoms with van der Waals surface area (Å²) in [4.78, 5) is 24.3. The number of fused-ring (bicyclic) bond motifs is 1. The van der Waals surface area contributed by atoms with Crippen LogP contribution < -0.4 is 14.8 Å². The fourth-order valence-corrected chi connectivity index (χ4v) is 2.74. The SMILES string of the molecule is CCOc1ccc(OCC(=O)O[C@H](C)C(=O)Nc2ccc3ccccc3c2)cc1. The zero-order valence-corrected chi connectivity index (χ0v) is 16.4. The van der Waals surface area contributed by atoms with Crippen molar-refractivity contribution in [1.82, 2.24) is 0 Å². The molecule has 0 aliphatic heterocycles. The molecule has 0 unspecified atom stereocenters. The zero-order chi connectivity index (χ0) is 20.6. The molecule has 0 saturated heterocycles. The topological polar surface area (TPSA) is 73.9 Å². The Morgan fingerprint density at radius 2 is 1.55 bits per heavy atom. The third-order valence-electron chi connectivity index (χ3n) is 4.19. The average Bonchev–Trinajstić information content (AvgIpc) is 2.73. The minimum absolute atomic E-state index is 0.290. The Hall–Kier alpha value is -3.54. The van der Waals surface area contributed by atoms with Crippen LogP contribution in [0.4, 0.5) is 5.69 Å². The monoisotopic (exact) mass is 393 g/mol. The van der Waals surface area contributed by atoms with Crippen LogP contribution in [0.15, 0.2) is 66.7 Å². The van der Waals surface area contributed by atoms with E-state index in [4.69, 9.17) is 14.2 Å². The van der Waals surface area contributed by atoms with E-state index < -0.39 is 18.0 Å². The number of carbonyl (C=O) groups is 2. The second kappa shape index (κ2) is 9.59. The quantitative estimate of drug-likeness (QED) is 0.581. The van der Waals surface area contributed by atoms with Gasteiger partial charge in [-0.25, -0.2) is 4.79 Å². The molecule has 3 aromatic carbocycles. The summed E-state index contributed by atoms with van der Waals surface area (Å²) in [6, 6.07) is 20.4. The summed E-state index contributed by atoms with van der Waals surface area (Å²) in [5.41, 5.74) is 0.641. The average molecular weight is 393 g/mol. The van der Waals surface area contributed by atoms with Crippen LogP contribution in [0.3, 0.4) is 0 Å². The summed E-state index contributed by atoms with van der Waals surface area (Å²) >= 11 is 0. The molecule has 0 spiro atoms. The van der Waals surface area contributed by atoms with Crippen molar-refractivity contribution >= 4 is 28.3 Å². The Bertz CT molecular complexity index is 984. The number of hydrogen-bond donors (Lipinski definition) is 1. The Balaban J connectivity index is 1.48. The maximum absolute atomic E-state index is 12.3. The number of amides is 1. The van der Waals surface area contributed by atoms with Crippen molar-refractivity contribution in [3.8, 4) is 11.5 Å². The summed E-state index contributed by atoms with van der Waals surface area (Å²) in [7, 11) is 0. The van der Waals surface area contributed by atoms with E-state index in [0.29, 0.717) is 18.0 Å². The smallest absolute Gasteiger partial charge is 0.344 e. The number of nitrogens with one attached hydrogen (secondary N) is 1. The van der Waals surface area contributed by atoms with Gasteiger partial charge in [0.15, 0.2) is 12.7 Å². The van der Waals surface area contributed by atoms with Crippen LogP contribution in [0.5, 0.6) is 11.5 Å². The molecule has 1 amide bonds. The molecule has 0 aromatic heterocycles. The lowest BCUT2D eigenvalue weighted by Crippen LogP contribution is -2.31. The Labute approximate surface area is 169 Å². The number of hydrogen-bond acceptors (Lipinski definition) is 5. The van der Waals surface area contributed by atoms with Gasteiger partial charge in [0, 0.05) is 5.69 Å². The van der Waals surface area contributed by atoms with Crippen LogP contribution in [0, 0.1) is 0 Å². The summed E-state index contributed by atoms with van der Waals surface area (Å²) in [5.74, 6) is 0.204. The molecule has 150 valence electrons. The lowest BCUT2D eigenvalue weighted by Gasteiger charge is -2.14. The van der Waals surface area contributed by atoms with E-state index in [1.807, 2.05) is 49.4 Å². The van der Waals surface area contributed by atoms with Crippen LogP contribution in [0.2, 0.25) is 0 Å². The van der Waals surface area contributed by atoms with Crippen LogP contribution >= 0.6 is 0 Å². The first-order valence-electron chi connectivity index (χ1n) is 9.40. The molecule has 0 radical (unpaired) electrons. The molecule has 0 saturated carbocycles. The van der Waals surface area contributed by atoms with Crippen molar-refractivity contribution in [1.29, 1.82) is 0 Å². The van der Waals surface area contributed by atoms with Gasteiger partial charge in [0.25, 0.3) is 5.91 Å². The van der Waals surface area contributed by atoms with E-state index >= 15 is 0 Å². The highest BCUT2D eigenvalue weighted by Crippen LogP contribution is 2.19. The van der Waals surface area contributed by atoms with E-state index in [0.717, 1.165) is 16.5 Å². The van der Waals surface area contributed by atoms with Gasteiger partial charge < -0.3 is 19.5 Å². The lowest BCUT2D eigenvalue weighted by atomic mass is 10.1. The first kappa shape index (κ1) is 20.2. The lowest BCUT2D eigenvalue weighted by molar-refractivity contribution is -0.155. The molecule has 1 atom stereocenters. The Morgan fingerprint density at radius 3 is 2.24 bits per heavy atom. The predicted molar refractivity (Wildman–Crippen MR) is 111 cm³/mol. The van der Waals surface area contributed by atoms with E-state index in [1.54, 1.807) is 24.3 Å². The molecule has 0 fully saturated rings. The molecule has 3 rings (SSSR count). The number of anilines is 1. The van der Waals surface area contributed by atoms with Gasteiger partial charge in [-0.1, -0.05) is 30.3 Å². The van der Waals surface area contributed by atoms with E-state index in [-0.39, 0.29) is 6.61 Å². The van der Waals surface area contributed by atoms with Gasteiger partial charge in [0.1, 0.15) is 11.5 Å². The van der Waals surface area contributed by atoms with Crippen molar-refractivity contribution in [3.05, 3.63) is 66.7 Å². The summed E-state index contributed by atoms with van der Waals surface area (Å²) in [6.07, 6.45) is -0.946. The molecule has 0 heterocycles. The third kappa shape index (κ3) is 5.72. The molecular weight excluding hydrogens is 370 g/mol. The highest BCUT2D eigenvalue weighted by atomic mass is 16.6. The fraction of sp³-hybridized carbons (Fsp3) is 0.217. The van der Waals surface area contributed by atoms with Crippen molar-refractivity contribution in [2.24, 2.45) is 0 Å². The van der Waals surface area contributed by atoms with Gasteiger partial charge in [-0.3, -0.25) is 4.79 Å². The zero-order valence-electron chi connectivity index (χ0n) is 16.4. The van der Waals surface area contributed by atoms with Crippen LogP contribution in [-0.2, 0) is 14.3 Å². The molecule has 6 nitrogen and oxygen atoms in total. The van der Waals surface area contributed by atoms with Gasteiger partial charge in [-0.05, 0) is 61.0 Å². The number of ether oxygens (including phenoxy) is 3. The van der Waals surface area contributed by atoms with Gasteiger partial charge in [-0.2, -0.15) is 0 Å². The number of esters is 1. The van der Waals surface area contributed by atoms with Crippen LogP contribution in [0.1, 0.15) is 13.8 Å². The van der Waals surface area contributed by atoms with Crippen molar-refractivity contribution < 1.29 is 23.8 Å².